The van der Waals surface area contributed by atoms with Crippen molar-refractivity contribution in [1.82, 2.24) is 4.57 Å². The van der Waals surface area contributed by atoms with Crippen LogP contribution in [0, 0.1) is 12.3 Å². The number of hydrogen-bond donors (Lipinski definition) is 0. The number of hydrogen-bond acceptors (Lipinski definition) is 5. The number of carbonyl (C=O) groups excluding carboxylic acids is 1. The van der Waals surface area contributed by atoms with Crippen molar-refractivity contribution in [2.75, 3.05) is 12.5 Å². The lowest BCUT2D eigenvalue weighted by atomic mass is 10.2. The van der Waals surface area contributed by atoms with E-state index in [0.29, 0.717) is 15.1 Å². The van der Waals surface area contributed by atoms with Crippen LogP contribution < -0.4 is 4.80 Å². The molecule has 5 nitrogen and oxygen atoms in total. The van der Waals surface area contributed by atoms with Crippen LogP contribution in [-0.4, -0.2) is 31.4 Å². The zero-order valence-electron chi connectivity index (χ0n) is 14.7. The van der Waals surface area contributed by atoms with Gasteiger partial charge in [-0.15, -0.1) is 18.2 Å². The van der Waals surface area contributed by atoms with E-state index in [-0.39, 0.29) is 17.3 Å². The number of aromatic nitrogens is 1. The van der Waals surface area contributed by atoms with Gasteiger partial charge in [0.05, 0.1) is 21.7 Å². The van der Waals surface area contributed by atoms with Crippen molar-refractivity contribution in [3.63, 3.8) is 0 Å². The second kappa shape index (κ2) is 7.72. The second-order valence-corrected chi connectivity index (χ2v) is 9.63. The molecular formula is C19H16N2O3S3. The highest BCUT2D eigenvalue weighted by atomic mass is 32.2. The van der Waals surface area contributed by atoms with Crippen molar-refractivity contribution >= 4 is 49.1 Å². The summed E-state index contributed by atoms with van der Waals surface area (Å²) < 4.78 is 26.0. The minimum Gasteiger partial charge on any atom is -0.305 e. The number of rotatable bonds is 4. The van der Waals surface area contributed by atoms with Gasteiger partial charge in [-0.1, -0.05) is 17.3 Å². The third-order valence-electron chi connectivity index (χ3n) is 3.87. The zero-order valence-corrected chi connectivity index (χ0v) is 17.1. The Balaban J connectivity index is 2.13. The van der Waals surface area contributed by atoms with Gasteiger partial charge in [0, 0.05) is 16.7 Å². The van der Waals surface area contributed by atoms with Crippen LogP contribution in [0.15, 0.2) is 57.2 Å². The summed E-state index contributed by atoms with van der Waals surface area (Å²) in [4.78, 5) is 18.5. The lowest BCUT2D eigenvalue weighted by Crippen LogP contribution is -2.16. The van der Waals surface area contributed by atoms with E-state index in [0.717, 1.165) is 16.7 Å². The molecule has 0 fully saturated rings. The van der Waals surface area contributed by atoms with E-state index < -0.39 is 9.84 Å². The molecule has 0 aliphatic carbocycles. The first-order valence-electron chi connectivity index (χ1n) is 7.83. The molecule has 0 spiro atoms. The molecule has 1 amide bonds. The Labute approximate surface area is 165 Å². The van der Waals surface area contributed by atoms with Crippen molar-refractivity contribution in [3.8, 4) is 12.3 Å². The van der Waals surface area contributed by atoms with E-state index in [4.69, 9.17) is 6.42 Å². The van der Waals surface area contributed by atoms with Crippen molar-refractivity contribution in [2.24, 2.45) is 4.99 Å². The summed E-state index contributed by atoms with van der Waals surface area (Å²) in [6.07, 6.45) is 8.58. The maximum absolute atomic E-state index is 12.5. The van der Waals surface area contributed by atoms with Gasteiger partial charge in [0.1, 0.15) is 0 Å². The van der Waals surface area contributed by atoms with Gasteiger partial charge in [-0.05, 0) is 48.7 Å². The van der Waals surface area contributed by atoms with Gasteiger partial charge in [-0.3, -0.25) is 4.79 Å². The van der Waals surface area contributed by atoms with Crippen LogP contribution in [0.25, 0.3) is 10.2 Å². The highest BCUT2D eigenvalue weighted by Crippen LogP contribution is 2.22. The fourth-order valence-corrected chi connectivity index (χ4v) is 4.70. The largest absolute Gasteiger partial charge is 0.305 e. The van der Waals surface area contributed by atoms with Crippen LogP contribution in [0.4, 0.5) is 0 Å². The number of nitrogens with zero attached hydrogens (tertiary/aromatic N) is 2. The van der Waals surface area contributed by atoms with Crippen molar-refractivity contribution in [3.05, 3.63) is 52.8 Å². The molecule has 1 aromatic heterocycles. The molecule has 0 aliphatic rings. The predicted molar refractivity (Wildman–Crippen MR) is 110 cm³/mol. The number of fused-ring (bicyclic) bond motifs is 1. The Hall–Kier alpha value is -2.34. The quantitative estimate of drug-likeness (QED) is 0.484. The Morgan fingerprint density at radius 3 is 2.56 bits per heavy atom. The van der Waals surface area contributed by atoms with Crippen molar-refractivity contribution in [1.29, 1.82) is 0 Å². The zero-order chi connectivity index (χ0) is 19.6. The first kappa shape index (κ1) is 19.4. The lowest BCUT2D eigenvalue weighted by Gasteiger charge is -2.01. The molecule has 0 aliphatic heterocycles. The van der Waals surface area contributed by atoms with Gasteiger partial charge in [-0.25, -0.2) is 8.42 Å². The minimum atomic E-state index is -3.33. The fourth-order valence-electron chi connectivity index (χ4n) is 2.50. The summed E-state index contributed by atoms with van der Waals surface area (Å²) >= 11 is 2.83. The van der Waals surface area contributed by atoms with Crippen LogP contribution in [-0.2, 0) is 16.4 Å². The van der Waals surface area contributed by atoms with E-state index in [1.807, 2.05) is 18.4 Å². The van der Waals surface area contributed by atoms with Crippen LogP contribution in [0.3, 0.4) is 0 Å². The maximum atomic E-state index is 12.5. The molecule has 0 unspecified atom stereocenters. The third-order valence-corrected chi connectivity index (χ3v) is 6.76. The molecule has 2 aromatic carbocycles. The van der Waals surface area contributed by atoms with Gasteiger partial charge < -0.3 is 4.57 Å². The van der Waals surface area contributed by atoms with Crippen LogP contribution in [0.1, 0.15) is 10.4 Å². The number of terminal acetylenes is 1. The summed E-state index contributed by atoms with van der Waals surface area (Å²) in [5.41, 5.74) is 1.23. The summed E-state index contributed by atoms with van der Waals surface area (Å²) in [7, 11) is -3.33. The van der Waals surface area contributed by atoms with E-state index in [2.05, 4.69) is 10.9 Å². The predicted octanol–water partition coefficient (Wildman–Crippen LogP) is 3.20. The molecule has 0 N–H and O–H groups in total. The van der Waals surface area contributed by atoms with Gasteiger partial charge in [-0.2, -0.15) is 4.99 Å². The van der Waals surface area contributed by atoms with Gasteiger partial charge in [0.2, 0.25) is 0 Å². The van der Waals surface area contributed by atoms with Crippen LogP contribution >= 0.6 is 23.1 Å². The first-order chi connectivity index (χ1) is 12.8. The number of thiazole rings is 1. The molecule has 27 heavy (non-hydrogen) atoms. The van der Waals surface area contributed by atoms with E-state index in [1.165, 1.54) is 17.4 Å². The summed E-state index contributed by atoms with van der Waals surface area (Å²) in [5.74, 6) is 2.18. The fraction of sp³-hybridized carbons (Fsp3) is 0.158. The monoisotopic (exact) mass is 416 g/mol. The number of carbonyl (C=O) groups is 1. The Morgan fingerprint density at radius 2 is 1.96 bits per heavy atom. The minimum absolute atomic E-state index is 0.217. The van der Waals surface area contributed by atoms with Crippen molar-refractivity contribution in [2.45, 2.75) is 16.3 Å². The van der Waals surface area contributed by atoms with E-state index in [1.54, 1.807) is 40.6 Å². The van der Waals surface area contributed by atoms with Crippen molar-refractivity contribution < 1.29 is 13.2 Å². The highest BCUT2D eigenvalue weighted by molar-refractivity contribution is 7.98. The average Bonchev–Trinajstić information content (AvgIpc) is 2.98. The molecular weight excluding hydrogens is 400 g/mol. The molecule has 1 heterocycles. The summed E-state index contributed by atoms with van der Waals surface area (Å²) in [6, 6.07) is 12.0. The Morgan fingerprint density at radius 1 is 1.26 bits per heavy atom. The average molecular weight is 417 g/mol. The second-order valence-electron chi connectivity index (χ2n) is 5.72. The van der Waals surface area contributed by atoms with Gasteiger partial charge in [0.15, 0.2) is 14.6 Å². The molecule has 8 heteroatoms. The normalized spacial score (nSPS) is 12.3. The molecule has 3 rings (SSSR count). The number of benzene rings is 2. The first-order valence-corrected chi connectivity index (χ1v) is 11.8. The van der Waals surface area contributed by atoms with E-state index in [9.17, 15) is 13.2 Å². The molecule has 0 radical (unpaired) electrons. The maximum Gasteiger partial charge on any atom is 0.279 e. The number of amides is 1. The summed E-state index contributed by atoms with van der Waals surface area (Å²) in [5, 5.41) is 0. The van der Waals surface area contributed by atoms with Crippen LogP contribution in [0.2, 0.25) is 0 Å². The molecule has 3 aromatic rings. The van der Waals surface area contributed by atoms with Gasteiger partial charge >= 0.3 is 0 Å². The number of sulfone groups is 1. The molecule has 138 valence electrons. The SMILES string of the molecule is C#CCn1c(=NC(=O)c2ccc(SC)cc2)sc2cc(S(C)(=O)=O)ccc21. The van der Waals surface area contributed by atoms with Gasteiger partial charge in [0.25, 0.3) is 5.91 Å². The molecule has 0 saturated heterocycles. The lowest BCUT2D eigenvalue weighted by molar-refractivity contribution is 0.0998. The van der Waals surface area contributed by atoms with Crippen LogP contribution in [0.5, 0.6) is 0 Å². The highest BCUT2D eigenvalue weighted by Gasteiger charge is 2.13. The standard InChI is InChI=1S/C19H16N2O3S3/c1-4-11-21-16-10-9-15(27(3,23)24)12-17(16)26-19(21)20-18(22)13-5-7-14(25-2)8-6-13/h1,5-10,12H,11H2,2-3H3. The number of thioether (sulfide) groups is 1. The Kier molecular flexibility index (Phi) is 5.56. The smallest absolute Gasteiger partial charge is 0.279 e. The third kappa shape index (κ3) is 4.16. The summed E-state index contributed by atoms with van der Waals surface area (Å²) in [6.45, 7) is 0.232. The molecule has 0 saturated carbocycles. The Bertz CT molecular complexity index is 1230. The topological polar surface area (TPSA) is 68.5 Å². The molecule has 0 atom stereocenters. The van der Waals surface area contributed by atoms with E-state index >= 15 is 0 Å². The molecule has 0 bridgehead atoms.